The van der Waals surface area contributed by atoms with E-state index < -0.39 is 5.82 Å². The van der Waals surface area contributed by atoms with Crippen LogP contribution in [0.2, 0.25) is 0 Å². The number of likely N-dealkylation sites (N-methyl/N-ethyl adjacent to an activating group) is 1. The number of terminal acetylenes is 1. The van der Waals surface area contributed by atoms with Crippen LogP contribution in [0, 0.1) is 18.2 Å². The molecule has 5 heteroatoms. The third kappa shape index (κ3) is 4.90. The molecule has 1 amide bonds. The summed E-state index contributed by atoms with van der Waals surface area (Å²) in [5.41, 5.74) is 0.824. The summed E-state index contributed by atoms with van der Waals surface area (Å²) in [6.07, 6.45) is 5.08. The first-order valence-corrected chi connectivity index (χ1v) is 6.46. The Morgan fingerprint density at radius 1 is 1.55 bits per heavy atom. The minimum Gasteiger partial charge on any atom is -0.494 e. The fourth-order valence-electron chi connectivity index (χ4n) is 1.86. The summed E-state index contributed by atoms with van der Waals surface area (Å²) < 4.78 is 18.5. The van der Waals surface area contributed by atoms with Gasteiger partial charge in [0.2, 0.25) is 0 Å². The molecule has 1 aromatic rings. The predicted octanol–water partition coefficient (Wildman–Crippen LogP) is -0.0115. The molecule has 0 radical (unpaired) electrons. The van der Waals surface area contributed by atoms with Crippen molar-refractivity contribution in [3.05, 3.63) is 29.6 Å². The minimum absolute atomic E-state index is 0.103. The summed E-state index contributed by atoms with van der Waals surface area (Å²) >= 11 is 0. The average Bonchev–Trinajstić information content (AvgIpc) is 2.44. The van der Waals surface area contributed by atoms with E-state index in [-0.39, 0.29) is 18.2 Å². The van der Waals surface area contributed by atoms with Crippen LogP contribution >= 0.6 is 0 Å². The number of hydrogen-bond acceptors (Lipinski definition) is 2. The Kier molecular flexibility index (Phi) is 6.54. The Morgan fingerprint density at radius 3 is 2.85 bits per heavy atom. The largest absolute Gasteiger partial charge is 0.494 e. The number of nitrogens with one attached hydrogen (secondary N) is 2. The average molecular weight is 279 g/mol. The highest BCUT2D eigenvalue weighted by molar-refractivity contribution is 5.77. The van der Waals surface area contributed by atoms with E-state index in [1.54, 1.807) is 12.1 Å². The lowest BCUT2D eigenvalue weighted by atomic mass is 10.2. The summed E-state index contributed by atoms with van der Waals surface area (Å²) in [7, 11) is 1.43. The highest BCUT2D eigenvalue weighted by Crippen LogP contribution is 2.16. The van der Waals surface area contributed by atoms with Crippen LogP contribution in [0.15, 0.2) is 18.2 Å². The number of amides is 1. The Hall–Kier alpha value is -2.06. The molecule has 0 saturated carbocycles. The second kappa shape index (κ2) is 8.18. The molecule has 4 nitrogen and oxygen atoms in total. The van der Waals surface area contributed by atoms with Crippen molar-refractivity contribution in [3.63, 3.8) is 0 Å². The minimum atomic E-state index is -0.391. The first-order chi connectivity index (χ1) is 9.60. The van der Waals surface area contributed by atoms with Crippen molar-refractivity contribution in [1.82, 2.24) is 5.32 Å². The van der Waals surface area contributed by atoms with Crippen molar-refractivity contribution >= 4 is 5.91 Å². The first-order valence-electron chi connectivity index (χ1n) is 6.46. The van der Waals surface area contributed by atoms with Crippen LogP contribution in [0.5, 0.6) is 5.75 Å². The normalized spacial score (nSPS) is 11.5. The zero-order valence-electron chi connectivity index (χ0n) is 11.8. The Bertz CT molecular complexity index is 497. The Labute approximate surface area is 118 Å². The van der Waals surface area contributed by atoms with Crippen molar-refractivity contribution < 1.29 is 18.8 Å². The molecule has 2 N–H and O–H groups in total. The molecule has 0 heterocycles. The van der Waals surface area contributed by atoms with Gasteiger partial charge in [0.15, 0.2) is 18.1 Å². The number of rotatable bonds is 7. The van der Waals surface area contributed by atoms with E-state index in [1.165, 1.54) is 13.2 Å². The summed E-state index contributed by atoms with van der Waals surface area (Å²) in [5.74, 6) is 2.08. The lowest BCUT2D eigenvalue weighted by Gasteiger charge is -2.17. The van der Waals surface area contributed by atoms with Gasteiger partial charge < -0.3 is 15.0 Å². The number of quaternary nitrogens is 1. The second-order valence-electron chi connectivity index (χ2n) is 4.41. The van der Waals surface area contributed by atoms with Crippen molar-refractivity contribution in [2.45, 2.75) is 13.5 Å². The van der Waals surface area contributed by atoms with Gasteiger partial charge in [-0.1, -0.05) is 5.92 Å². The Balaban J connectivity index is 2.62. The molecule has 0 fully saturated rings. The number of methoxy groups -OCH3 is 1. The zero-order chi connectivity index (χ0) is 15.0. The summed E-state index contributed by atoms with van der Waals surface area (Å²) in [5, 5.41) is 2.62. The SMILES string of the molecule is C#CCNC(=O)C[NH+](CC)Cc1ccc(OC)c(F)c1. The molecule has 0 aliphatic heterocycles. The number of carbonyl (C=O) groups is 1. The van der Waals surface area contributed by atoms with Gasteiger partial charge in [0.1, 0.15) is 6.54 Å². The number of carbonyl (C=O) groups excluding carboxylic acids is 1. The fourth-order valence-corrected chi connectivity index (χ4v) is 1.86. The van der Waals surface area contributed by atoms with Crippen molar-refractivity contribution in [3.8, 4) is 18.1 Å². The molecule has 0 aromatic heterocycles. The van der Waals surface area contributed by atoms with Gasteiger partial charge in [-0.2, -0.15) is 0 Å². The molecule has 0 spiro atoms. The maximum absolute atomic E-state index is 13.6. The van der Waals surface area contributed by atoms with Gasteiger partial charge in [0.25, 0.3) is 5.91 Å². The molecule has 1 aromatic carbocycles. The first kappa shape index (κ1) is 16.0. The van der Waals surface area contributed by atoms with Gasteiger partial charge in [-0.25, -0.2) is 4.39 Å². The van der Waals surface area contributed by atoms with E-state index >= 15 is 0 Å². The fraction of sp³-hybridized carbons (Fsp3) is 0.400. The maximum Gasteiger partial charge on any atom is 0.275 e. The van der Waals surface area contributed by atoms with Gasteiger partial charge in [-0.15, -0.1) is 6.42 Å². The molecule has 1 rings (SSSR count). The van der Waals surface area contributed by atoms with Gasteiger partial charge in [0, 0.05) is 5.56 Å². The lowest BCUT2D eigenvalue weighted by molar-refractivity contribution is -0.904. The quantitative estimate of drug-likeness (QED) is 0.689. The number of hydrogen-bond donors (Lipinski definition) is 2. The smallest absolute Gasteiger partial charge is 0.275 e. The van der Waals surface area contributed by atoms with E-state index in [4.69, 9.17) is 11.2 Å². The van der Waals surface area contributed by atoms with E-state index in [9.17, 15) is 9.18 Å². The highest BCUT2D eigenvalue weighted by Gasteiger charge is 2.14. The molecule has 0 saturated heterocycles. The zero-order valence-corrected chi connectivity index (χ0v) is 11.8. The maximum atomic E-state index is 13.6. The van der Waals surface area contributed by atoms with Gasteiger partial charge >= 0.3 is 0 Å². The highest BCUT2D eigenvalue weighted by atomic mass is 19.1. The van der Waals surface area contributed by atoms with Crippen molar-refractivity contribution in [1.29, 1.82) is 0 Å². The molecule has 0 bridgehead atoms. The number of benzene rings is 1. The van der Waals surface area contributed by atoms with Crippen LogP contribution in [0.1, 0.15) is 12.5 Å². The van der Waals surface area contributed by atoms with Gasteiger partial charge in [-0.05, 0) is 25.1 Å². The van der Waals surface area contributed by atoms with Crippen LogP contribution in [0.4, 0.5) is 4.39 Å². The Morgan fingerprint density at radius 2 is 2.30 bits per heavy atom. The van der Waals surface area contributed by atoms with E-state index in [1.807, 2.05) is 6.92 Å². The molecule has 20 heavy (non-hydrogen) atoms. The monoisotopic (exact) mass is 279 g/mol. The molecular formula is C15H20FN2O2+. The van der Waals surface area contributed by atoms with Crippen LogP contribution in [0.25, 0.3) is 0 Å². The molecule has 108 valence electrons. The van der Waals surface area contributed by atoms with Gasteiger partial charge in [0.05, 0.1) is 20.2 Å². The van der Waals surface area contributed by atoms with E-state index in [0.29, 0.717) is 13.1 Å². The summed E-state index contributed by atoms with van der Waals surface area (Å²) in [6.45, 7) is 3.85. The number of ether oxygens (including phenoxy) is 1. The summed E-state index contributed by atoms with van der Waals surface area (Å²) in [4.78, 5) is 12.6. The van der Waals surface area contributed by atoms with Crippen LogP contribution in [-0.2, 0) is 11.3 Å². The van der Waals surface area contributed by atoms with Crippen LogP contribution < -0.4 is 15.0 Å². The topological polar surface area (TPSA) is 42.8 Å². The molecule has 0 aliphatic rings. The third-order valence-corrected chi connectivity index (χ3v) is 2.97. The summed E-state index contributed by atoms with van der Waals surface area (Å²) in [6, 6.07) is 4.83. The van der Waals surface area contributed by atoms with Crippen LogP contribution in [-0.4, -0.2) is 32.7 Å². The molecular weight excluding hydrogens is 259 g/mol. The number of halogens is 1. The standard InChI is InChI=1S/C15H19FN2O2/c1-4-8-17-15(19)11-18(5-2)10-12-6-7-14(20-3)13(16)9-12/h1,6-7,9H,5,8,10-11H2,2-3H3,(H,17,19)/p+1. The third-order valence-electron chi connectivity index (χ3n) is 2.97. The lowest BCUT2D eigenvalue weighted by Crippen LogP contribution is -3.11. The molecule has 0 aliphatic carbocycles. The second-order valence-corrected chi connectivity index (χ2v) is 4.41. The van der Waals surface area contributed by atoms with E-state index in [2.05, 4.69) is 11.2 Å². The van der Waals surface area contributed by atoms with Gasteiger partial charge in [-0.3, -0.25) is 4.79 Å². The van der Waals surface area contributed by atoms with Crippen LogP contribution in [0.3, 0.4) is 0 Å². The predicted molar refractivity (Wildman–Crippen MR) is 74.9 cm³/mol. The molecule has 1 unspecified atom stereocenters. The molecule has 1 atom stereocenters. The van der Waals surface area contributed by atoms with Crippen molar-refractivity contribution in [2.75, 3.05) is 26.7 Å². The van der Waals surface area contributed by atoms with Crippen molar-refractivity contribution in [2.24, 2.45) is 0 Å². The van der Waals surface area contributed by atoms with E-state index in [0.717, 1.165) is 17.0 Å².